The molecule has 0 saturated heterocycles. The summed E-state index contributed by atoms with van der Waals surface area (Å²) >= 11 is 0. The zero-order valence-corrected chi connectivity index (χ0v) is 15.7. The first-order valence-electron chi connectivity index (χ1n) is 9.38. The third-order valence-corrected chi connectivity index (χ3v) is 5.14. The SMILES string of the molecule is C=CC1CCC(c2ccc(-c3ccc(-c4cc(F)c(F)c(F)c4)cc3)cc2)=CO1. The van der Waals surface area contributed by atoms with Gasteiger partial charge in [0.2, 0.25) is 0 Å². The van der Waals surface area contributed by atoms with Crippen molar-refractivity contribution in [3.8, 4) is 22.3 Å². The third kappa shape index (κ3) is 3.97. The molecule has 0 bridgehead atoms. The highest BCUT2D eigenvalue weighted by atomic mass is 19.2. The van der Waals surface area contributed by atoms with Gasteiger partial charge in [-0.15, -0.1) is 0 Å². The molecule has 0 aliphatic carbocycles. The van der Waals surface area contributed by atoms with E-state index in [2.05, 4.69) is 18.7 Å². The lowest BCUT2D eigenvalue weighted by Crippen LogP contribution is -2.10. The van der Waals surface area contributed by atoms with Crippen LogP contribution in [0.5, 0.6) is 0 Å². The third-order valence-electron chi connectivity index (χ3n) is 5.14. The highest BCUT2D eigenvalue weighted by Gasteiger charge is 2.14. The van der Waals surface area contributed by atoms with Gasteiger partial charge in [-0.2, -0.15) is 0 Å². The first-order chi connectivity index (χ1) is 14.0. The Bertz CT molecular complexity index is 1040. The molecule has 1 atom stereocenters. The van der Waals surface area contributed by atoms with E-state index in [-0.39, 0.29) is 6.10 Å². The van der Waals surface area contributed by atoms with Crippen LogP contribution in [0.2, 0.25) is 0 Å². The van der Waals surface area contributed by atoms with E-state index in [1.54, 1.807) is 18.4 Å². The fraction of sp³-hybridized carbons (Fsp3) is 0.120. The van der Waals surface area contributed by atoms with E-state index in [0.29, 0.717) is 11.1 Å². The fourth-order valence-electron chi connectivity index (χ4n) is 3.43. The number of ether oxygens (including phenoxy) is 1. The molecule has 0 N–H and O–H groups in total. The van der Waals surface area contributed by atoms with Crippen LogP contribution >= 0.6 is 0 Å². The molecule has 0 aromatic heterocycles. The molecule has 146 valence electrons. The van der Waals surface area contributed by atoms with Gasteiger partial charge in [-0.25, -0.2) is 13.2 Å². The lowest BCUT2D eigenvalue weighted by atomic mass is 9.95. The van der Waals surface area contributed by atoms with Crippen LogP contribution in [0.4, 0.5) is 13.2 Å². The Kier molecular flexibility index (Phi) is 5.26. The van der Waals surface area contributed by atoms with Crippen LogP contribution in [0.15, 0.2) is 79.6 Å². The van der Waals surface area contributed by atoms with Gasteiger partial charge in [-0.1, -0.05) is 61.2 Å². The molecule has 1 aliphatic rings. The molecule has 0 radical (unpaired) electrons. The molecule has 0 fully saturated rings. The summed E-state index contributed by atoms with van der Waals surface area (Å²) in [5.74, 6) is -3.84. The largest absolute Gasteiger partial charge is 0.494 e. The Hall–Kier alpha value is -3.27. The summed E-state index contributed by atoms with van der Waals surface area (Å²) in [7, 11) is 0. The molecule has 4 heteroatoms. The van der Waals surface area contributed by atoms with Gasteiger partial charge >= 0.3 is 0 Å². The maximum absolute atomic E-state index is 13.5. The number of hydrogen-bond donors (Lipinski definition) is 0. The standard InChI is InChI=1S/C25H19F3O/c1-2-22-12-11-20(15-29-22)18-7-3-16(4-8-18)17-5-9-19(10-6-17)21-13-23(26)25(28)24(27)14-21/h2-10,13-15,22H,1,11-12H2. The summed E-state index contributed by atoms with van der Waals surface area (Å²) in [5.41, 5.74) is 5.19. The van der Waals surface area contributed by atoms with Crippen molar-refractivity contribution in [1.29, 1.82) is 0 Å². The van der Waals surface area contributed by atoms with Gasteiger partial charge in [-0.05, 0) is 58.4 Å². The molecule has 3 aromatic carbocycles. The van der Waals surface area contributed by atoms with Gasteiger partial charge in [0, 0.05) is 0 Å². The Morgan fingerprint density at radius 2 is 1.24 bits per heavy atom. The van der Waals surface area contributed by atoms with Crippen molar-refractivity contribution >= 4 is 5.57 Å². The fourth-order valence-corrected chi connectivity index (χ4v) is 3.43. The van der Waals surface area contributed by atoms with Gasteiger partial charge in [0.25, 0.3) is 0 Å². The van der Waals surface area contributed by atoms with Crippen LogP contribution in [-0.2, 0) is 4.74 Å². The van der Waals surface area contributed by atoms with E-state index in [1.807, 2.05) is 30.3 Å². The summed E-state index contributed by atoms with van der Waals surface area (Å²) in [4.78, 5) is 0. The summed E-state index contributed by atoms with van der Waals surface area (Å²) in [6.45, 7) is 3.76. The topological polar surface area (TPSA) is 9.23 Å². The van der Waals surface area contributed by atoms with E-state index in [9.17, 15) is 13.2 Å². The number of halogens is 3. The van der Waals surface area contributed by atoms with Crippen LogP contribution < -0.4 is 0 Å². The summed E-state index contributed by atoms with van der Waals surface area (Å²) in [5, 5.41) is 0. The molecule has 1 nitrogen and oxygen atoms in total. The molecular weight excluding hydrogens is 373 g/mol. The minimum absolute atomic E-state index is 0.0830. The summed E-state index contributed by atoms with van der Waals surface area (Å²) in [6.07, 6.45) is 5.56. The predicted octanol–water partition coefficient (Wildman–Crippen LogP) is 7.14. The minimum atomic E-state index is -1.45. The second-order valence-corrected chi connectivity index (χ2v) is 7.00. The van der Waals surface area contributed by atoms with E-state index >= 15 is 0 Å². The number of rotatable bonds is 4. The lowest BCUT2D eigenvalue weighted by molar-refractivity contribution is 0.169. The Morgan fingerprint density at radius 3 is 1.69 bits per heavy atom. The molecular formula is C25H19F3O. The zero-order valence-electron chi connectivity index (χ0n) is 15.7. The van der Waals surface area contributed by atoms with Crippen molar-refractivity contribution in [3.05, 3.63) is 103 Å². The molecule has 29 heavy (non-hydrogen) atoms. The van der Waals surface area contributed by atoms with Crippen LogP contribution in [0.1, 0.15) is 18.4 Å². The highest BCUT2D eigenvalue weighted by molar-refractivity contribution is 5.73. The average Bonchev–Trinajstić information content (AvgIpc) is 2.77. The van der Waals surface area contributed by atoms with Crippen molar-refractivity contribution in [2.24, 2.45) is 0 Å². The van der Waals surface area contributed by atoms with Gasteiger partial charge in [-0.3, -0.25) is 0 Å². The van der Waals surface area contributed by atoms with Gasteiger partial charge in [0.15, 0.2) is 17.5 Å². The number of hydrogen-bond acceptors (Lipinski definition) is 1. The molecule has 4 rings (SSSR count). The van der Waals surface area contributed by atoms with E-state index in [4.69, 9.17) is 4.74 Å². The van der Waals surface area contributed by atoms with Crippen LogP contribution in [0.25, 0.3) is 27.8 Å². The average molecular weight is 392 g/mol. The Morgan fingerprint density at radius 1 is 0.759 bits per heavy atom. The lowest BCUT2D eigenvalue weighted by Gasteiger charge is -2.20. The summed E-state index contributed by atoms with van der Waals surface area (Å²) in [6, 6.07) is 17.4. The predicted molar refractivity (Wildman–Crippen MR) is 109 cm³/mol. The maximum Gasteiger partial charge on any atom is 0.194 e. The van der Waals surface area contributed by atoms with Crippen LogP contribution in [-0.4, -0.2) is 6.10 Å². The van der Waals surface area contributed by atoms with Crippen LogP contribution in [0.3, 0.4) is 0 Å². The molecule has 1 aliphatic heterocycles. The highest BCUT2D eigenvalue weighted by Crippen LogP contribution is 2.30. The van der Waals surface area contributed by atoms with Gasteiger partial charge in [0.1, 0.15) is 6.10 Å². The second kappa shape index (κ2) is 8.00. The smallest absolute Gasteiger partial charge is 0.194 e. The molecule has 0 saturated carbocycles. The Labute approximate surface area is 167 Å². The van der Waals surface area contributed by atoms with Gasteiger partial charge < -0.3 is 4.74 Å². The van der Waals surface area contributed by atoms with E-state index < -0.39 is 17.5 Å². The summed E-state index contributed by atoms with van der Waals surface area (Å²) < 4.78 is 45.7. The van der Waals surface area contributed by atoms with Crippen molar-refractivity contribution < 1.29 is 17.9 Å². The molecule has 0 spiro atoms. The van der Waals surface area contributed by atoms with Crippen molar-refractivity contribution in [2.45, 2.75) is 18.9 Å². The molecule has 1 heterocycles. The first-order valence-corrected chi connectivity index (χ1v) is 9.38. The molecule has 1 unspecified atom stereocenters. The maximum atomic E-state index is 13.5. The monoisotopic (exact) mass is 392 g/mol. The zero-order chi connectivity index (χ0) is 20.4. The van der Waals surface area contributed by atoms with E-state index in [0.717, 1.165) is 47.2 Å². The van der Waals surface area contributed by atoms with Crippen molar-refractivity contribution in [3.63, 3.8) is 0 Å². The normalized spacial score (nSPS) is 16.1. The number of allylic oxidation sites excluding steroid dienone is 1. The Balaban J connectivity index is 1.54. The molecule has 3 aromatic rings. The first kappa shape index (κ1) is 19.1. The van der Waals surface area contributed by atoms with Gasteiger partial charge in [0.05, 0.1) is 6.26 Å². The van der Waals surface area contributed by atoms with Crippen LogP contribution in [0, 0.1) is 17.5 Å². The minimum Gasteiger partial charge on any atom is -0.494 e. The van der Waals surface area contributed by atoms with Crippen molar-refractivity contribution in [2.75, 3.05) is 0 Å². The van der Waals surface area contributed by atoms with E-state index in [1.165, 1.54) is 0 Å². The van der Waals surface area contributed by atoms with Crippen molar-refractivity contribution in [1.82, 2.24) is 0 Å². The quantitative estimate of drug-likeness (QED) is 0.339. The second-order valence-electron chi connectivity index (χ2n) is 7.00. The number of benzene rings is 3. The molecule has 0 amide bonds.